The van der Waals surface area contributed by atoms with Gasteiger partial charge in [0.1, 0.15) is 5.56 Å². The summed E-state index contributed by atoms with van der Waals surface area (Å²) in [6, 6.07) is 0. The number of carboxylic acid groups (broad SMARTS) is 1. The third-order valence-electron chi connectivity index (χ3n) is 1.92. The molecule has 0 spiro atoms. The average molecular weight is 237 g/mol. The van der Waals surface area contributed by atoms with Gasteiger partial charge in [-0.05, 0) is 6.92 Å². The van der Waals surface area contributed by atoms with Gasteiger partial charge >= 0.3 is 5.97 Å². The van der Waals surface area contributed by atoms with Gasteiger partial charge in [0.05, 0.1) is 12.1 Å². The van der Waals surface area contributed by atoms with E-state index in [1.807, 2.05) is 0 Å². The second-order valence-corrected chi connectivity index (χ2v) is 3.16. The van der Waals surface area contributed by atoms with E-state index in [1.165, 1.54) is 6.92 Å². The van der Waals surface area contributed by atoms with Crippen molar-refractivity contribution in [2.24, 2.45) is 0 Å². The van der Waals surface area contributed by atoms with E-state index in [1.54, 1.807) is 0 Å². The van der Waals surface area contributed by atoms with Crippen LogP contribution in [0.25, 0.3) is 0 Å². The lowest BCUT2D eigenvalue weighted by molar-refractivity contribution is 0.0686. The van der Waals surface area contributed by atoms with Crippen molar-refractivity contribution in [1.82, 2.24) is 0 Å². The fraction of sp³-hybridized carbons (Fsp3) is 0.222. The lowest BCUT2D eigenvalue weighted by Gasteiger charge is -2.11. The second kappa shape index (κ2) is 4.02. The molecule has 3 nitrogen and oxygen atoms in total. The normalized spacial score (nSPS) is 10.2. The summed E-state index contributed by atoms with van der Waals surface area (Å²) in [4.78, 5) is 10.7. The van der Waals surface area contributed by atoms with Gasteiger partial charge in [-0.3, -0.25) is 0 Å². The molecule has 1 rings (SSSR count). The number of methoxy groups -OCH3 is 1. The Bertz CT molecular complexity index is 432. The summed E-state index contributed by atoms with van der Waals surface area (Å²) >= 11 is 5.62. The molecule has 1 aromatic rings. The molecule has 6 heteroatoms. The second-order valence-electron chi connectivity index (χ2n) is 2.78. The number of carbonyl (C=O) groups is 1. The highest BCUT2D eigenvalue weighted by Gasteiger charge is 2.26. The van der Waals surface area contributed by atoms with Crippen LogP contribution in [0.3, 0.4) is 0 Å². The van der Waals surface area contributed by atoms with E-state index in [0.717, 1.165) is 7.11 Å². The minimum absolute atomic E-state index is 0.184. The Kier molecular flexibility index (Phi) is 3.14. The zero-order chi connectivity index (χ0) is 11.7. The third kappa shape index (κ3) is 1.74. The van der Waals surface area contributed by atoms with Crippen LogP contribution in [0.2, 0.25) is 5.02 Å². The molecule has 0 radical (unpaired) electrons. The van der Waals surface area contributed by atoms with Gasteiger partial charge in [0, 0.05) is 5.56 Å². The molecule has 1 aromatic carbocycles. The van der Waals surface area contributed by atoms with Crippen molar-refractivity contribution in [3.63, 3.8) is 0 Å². The summed E-state index contributed by atoms with van der Waals surface area (Å²) in [6.45, 7) is 1.23. The molecule has 0 aliphatic heterocycles. The Morgan fingerprint density at radius 1 is 1.40 bits per heavy atom. The van der Waals surface area contributed by atoms with Crippen LogP contribution in [-0.4, -0.2) is 18.2 Å². The summed E-state index contributed by atoms with van der Waals surface area (Å²) < 4.78 is 31.0. The third-order valence-corrected chi connectivity index (χ3v) is 2.37. The van der Waals surface area contributed by atoms with Crippen LogP contribution in [-0.2, 0) is 0 Å². The Hall–Kier alpha value is -1.36. The average Bonchev–Trinajstić information content (AvgIpc) is 2.19. The molecule has 0 amide bonds. The van der Waals surface area contributed by atoms with Gasteiger partial charge in [-0.2, -0.15) is 0 Å². The lowest BCUT2D eigenvalue weighted by Crippen LogP contribution is -2.08. The van der Waals surface area contributed by atoms with E-state index in [0.29, 0.717) is 0 Å². The molecule has 0 unspecified atom stereocenters. The van der Waals surface area contributed by atoms with E-state index in [-0.39, 0.29) is 16.3 Å². The summed E-state index contributed by atoms with van der Waals surface area (Å²) in [7, 11) is 1.13. The minimum atomic E-state index is -1.63. The fourth-order valence-corrected chi connectivity index (χ4v) is 1.39. The first kappa shape index (κ1) is 11.7. The molecule has 15 heavy (non-hydrogen) atoms. The first-order valence-corrected chi connectivity index (χ1v) is 4.24. The predicted molar refractivity (Wildman–Crippen MR) is 49.6 cm³/mol. The maximum Gasteiger partial charge on any atom is 0.342 e. The van der Waals surface area contributed by atoms with Gasteiger partial charge in [-0.25, -0.2) is 13.6 Å². The zero-order valence-electron chi connectivity index (χ0n) is 7.90. The number of halogens is 3. The Labute approximate surface area is 89.2 Å². The van der Waals surface area contributed by atoms with Crippen molar-refractivity contribution in [3.8, 4) is 5.75 Å². The van der Waals surface area contributed by atoms with E-state index in [4.69, 9.17) is 16.7 Å². The Morgan fingerprint density at radius 3 is 2.33 bits per heavy atom. The van der Waals surface area contributed by atoms with E-state index < -0.39 is 23.2 Å². The van der Waals surface area contributed by atoms with Crippen LogP contribution in [0, 0.1) is 18.6 Å². The smallest absolute Gasteiger partial charge is 0.342 e. The molecule has 0 aliphatic rings. The molecule has 1 N–H and O–H groups in total. The van der Waals surface area contributed by atoms with Gasteiger partial charge in [-0.15, -0.1) is 0 Å². The summed E-state index contributed by atoms with van der Waals surface area (Å²) in [6.07, 6.45) is 0. The number of carboxylic acids is 1. The van der Waals surface area contributed by atoms with Gasteiger partial charge < -0.3 is 9.84 Å². The predicted octanol–water partition coefficient (Wildman–Crippen LogP) is 2.63. The number of benzene rings is 1. The molecule has 82 valence electrons. The highest BCUT2D eigenvalue weighted by molar-refractivity contribution is 6.33. The van der Waals surface area contributed by atoms with Crippen LogP contribution < -0.4 is 4.74 Å². The Balaban J connectivity index is 3.70. The molecule has 0 heterocycles. The van der Waals surface area contributed by atoms with E-state index >= 15 is 0 Å². The van der Waals surface area contributed by atoms with E-state index in [2.05, 4.69) is 4.74 Å². The van der Waals surface area contributed by atoms with Crippen LogP contribution in [0.15, 0.2) is 0 Å². The molecular weight excluding hydrogens is 230 g/mol. The summed E-state index contributed by atoms with van der Waals surface area (Å²) in [5.74, 6) is -4.76. The van der Waals surface area contributed by atoms with Crippen LogP contribution in [0.5, 0.6) is 5.75 Å². The van der Waals surface area contributed by atoms with Gasteiger partial charge in [-0.1, -0.05) is 11.6 Å². The van der Waals surface area contributed by atoms with Crippen molar-refractivity contribution in [1.29, 1.82) is 0 Å². The van der Waals surface area contributed by atoms with Gasteiger partial charge in [0.2, 0.25) is 0 Å². The monoisotopic (exact) mass is 236 g/mol. The Morgan fingerprint density at radius 2 is 1.93 bits per heavy atom. The maximum atomic E-state index is 13.2. The fourth-order valence-electron chi connectivity index (χ4n) is 1.13. The molecule has 0 saturated carbocycles. The van der Waals surface area contributed by atoms with Crippen molar-refractivity contribution in [2.75, 3.05) is 7.11 Å². The summed E-state index contributed by atoms with van der Waals surface area (Å²) in [5.41, 5.74) is -1.08. The maximum absolute atomic E-state index is 13.2. The number of hydrogen-bond acceptors (Lipinski definition) is 2. The van der Waals surface area contributed by atoms with Gasteiger partial charge in [0.15, 0.2) is 17.4 Å². The minimum Gasteiger partial charge on any atom is -0.494 e. The molecule has 0 aromatic heterocycles. The first-order valence-electron chi connectivity index (χ1n) is 3.86. The number of rotatable bonds is 2. The SMILES string of the molecule is COc1c(Cl)c(C)c(F)c(F)c1C(=O)O. The quantitative estimate of drug-likeness (QED) is 0.803. The van der Waals surface area contributed by atoms with Crippen molar-refractivity contribution in [3.05, 3.63) is 27.8 Å². The largest absolute Gasteiger partial charge is 0.494 e. The standard InChI is InChI=1S/C9H7ClF2O3/c1-3-5(10)8(15-2)4(9(13)14)7(12)6(3)11/h1-2H3,(H,13,14). The highest BCUT2D eigenvalue weighted by Crippen LogP contribution is 2.35. The molecule has 0 saturated heterocycles. The van der Waals surface area contributed by atoms with E-state index in [9.17, 15) is 13.6 Å². The van der Waals surface area contributed by atoms with Crippen molar-refractivity contribution < 1.29 is 23.4 Å². The highest BCUT2D eigenvalue weighted by atomic mass is 35.5. The van der Waals surface area contributed by atoms with Crippen LogP contribution in [0.4, 0.5) is 8.78 Å². The molecule has 0 atom stereocenters. The topological polar surface area (TPSA) is 46.5 Å². The lowest BCUT2D eigenvalue weighted by atomic mass is 10.1. The zero-order valence-corrected chi connectivity index (χ0v) is 8.65. The van der Waals surface area contributed by atoms with Gasteiger partial charge in [0.25, 0.3) is 0 Å². The number of ether oxygens (including phenoxy) is 1. The number of aromatic carboxylic acids is 1. The molecule has 0 fully saturated rings. The summed E-state index contributed by atoms with van der Waals surface area (Å²) in [5, 5.41) is 8.43. The van der Waals surface area contributed by atoms with Crippen LogP contribution in [0.1, 0.15) is 15.9 Å². The molecule has 0 aliphatic carbocycles. The van der Waals surface area contributed by atoms with Crippen LogP contribution >= 0.6 is 11.6 Å². The van der Waals surface area contributed by atoms with Crippen molar-refractivity contribution >= 4 is 17.6 Å². The van der Waals surface area contributed by atoms with Crippen molar-refractivity contribution in [2.45, 2.75) is 6.92 Å². The molecular formula is C9H7ClF2O3. The first-order chi connectivity index (χ1) is 6.91. The molecule has 0 bridgehead atoms. The number of hydrogen-bond donors (Lipinski definition) is 1.